The van der Waals surface area contributed by atoms with Crippen LogP contribution in [-0.2, 0) is 66.7 Å². The van der Waals surface area contributed by atoms with E-state index in [9.17, 15) is 110 Å². The minimum Gasteiger partial charge on any atom is -0.289 e. The molecule has 0 saturated carbocycles. The lowest BCUT2D eigenvalue weighted by Gasteiger charge is -2.46. The number of benzene rings is 5. The third-order valence-electron chi connectivity index (χ3n) is 10.5. The summed E-state index contributed by atoms with van der Waals surface area (Å²) in [7, 11) is 0.197. The number of rotatable bonds is 8. The van der Waals surface area contributed by atoms with Gasteiger partial charge >= 0.3 is 49.4 Å². The number of Topliss-reactive ketones (excluding diaryl/α,β-unsaturated/α-hetero) is 1. The van der Waals surface area contributed by atoms with Crippen LogP contribution in [0.3, 0.4) is 0 Å². The van der Waals surface area contributed by atoms with Gasteiger partial charge in [0.1, 0.15) is 6.15 Å². The molecule has 0 spiro atoms. The summed E-state index contributed by atoms with van der Waals surface area (Å²) in [6.45, 7) is 2.12. The number of carbonyl (C=O) groups is 1. The first-order valence-corrected chi connectivity index (χ1v) is 21.6. The molecule has 5 rings (SSSR count). The van der Waals surface area contributed by atoms with E-state index >= 15 is 0 Å². The molecule has 388 valence electrons. The highest BCUT2D eigenvalue weighted by Gasteiger charge is 2.47. The molecule has 0 aliphatic heterocycles. The average molecular weight is 1070 g/mol. The number of hydrogen-bond acceptors (Lipinski definition) is 1. The van der Waals surface area contributed by atoms with Gasteiger partial charge in [-0.1, -0.05) is 79.7 Å². The molecule has 0 aliphatic rings. The second-order valence-corrected chi connectivity index (χ2v) is 18.1. The van der Waals surface area contributed by atoms with Crippen LogP contribution >= 0.6 is 0 Å². The van der Waals surface area contributed by atoms with Crippen molar-refractivity contribution in [2.24, 2.45) is 0 Å². The summed E-state index contributed by atoms with van der Waals surface area (Å²) in [6, 6.07) is -0.857. The Morgan fingerprint density at radius 2 is 0.563 bits per heavy atom. The number of carbonyl (C=O) groups excluding carboxylic acids is 1. The predicted octanol–water partition coefficient (Wildman–Crippen LogP) is 13.5. The molecule has 0 saturated heterocycles. The van der Waals surface area contributed by atoms with Gasteiger partial charge in [0.05, 0.1) is 57.0 Å². The van der Waals surface area contributed by atoms with Crippen LogP contribution in [0.15, 0.2) is 97.1 Å². The topological polar surface area (TPSA) is 17.1 Å². The summed E-state index contributed by atoms with van der Waals surface area (Å²) in [6.07, 6.45) is -49.6. The zero-order valence-corrected chi connectivity index (χ0v) is 36.4. The quantitative estimate of drug-likeness (QED) is 0.0655. The van der Waals surface area contributed by atoms with E-state index in [4.69, 9.17) is 0 Å². The maximum atomic E-state index is 14.2. The minimum atomic E-state index is -6.13. The molecule has 0 unspecified atom stereocenters. The summed E-state index contributed by atoms with van der Waals surface area (Å²) < 4.78 is 341. The fourth-order valence-electron chi connectivity index (χ4n) is 7.34. The molecule has 71 heavy (non-hydrogen) atoms. The highest BCUT2D eigenvalue weighted by Crippen LogP contribution is 2.41. The van der Waals surface area contributed by atoms with Crippen LogP contribution in [0, 0.1) is 0 Å². The molecule has 5 aromatic rings. The summed E-state index contributed by atoms with van der Waals surface area (Å²) in [5.74, 6) is 0.937. The SMILES string of the molecule is CCc1ccc(C(=O)C[S+](C)C)cc1.FC(F)(F)c1cc([B-](c2cc(C(F)(F)F)cc(C(F)(F)F)c2)(c2cc(C(F)(F)F)cc(C(F)(F)F)c2)c2cc(C(F)(F)F)cc(C(F)(F)F)c2)cc(C(F)(F)F)c1. The normalized spacial score (nSPS) is 13.6. The van der Waals surface area contributed by atoms with E-state index in [0.717, 1.165) is 12.0 Å². The zero-order valence-electron chi connectivity index (χ0n) is 35.6. The smallest absolute Gasteiger partial charge is 0.289 e. The van der Waals surface area contributed by atoms with Crippen molar-refractivity contribution in [3.63, 3.8) is 0 Å². The monoisotopic (exact) mass is 1070 g/mol. The van der Waals surface area contributed by atoms with Gasteiger partial charge in [-0.2, -0.15) is 127 Å². The molecule has 0 atom stereocenters. The van der Waals surface area contributed by atoms with Crippen molar-refractivity contribution in [1.29, 1.82) is 0 Å². The van der Waals surface area contributed by atoms with Gasteiger partial charge in [0.25, 0.3) is 0 Å². The summed E-state index contributed by atoms with van der Waals surface area (Å²) in [4.78, 5) is 11.7. The molecule has 0 aromatic heterocycles. The van der Waals surface area contributed by atoms with Gasteiger partial charge in [-0.15, -0.1) is 0 Å². The van der Waals surface area contributed by atoms with Gasteiger partial charge in [-0.05, 0) is 47.1 Å². The largest absolute Gasteiger partial charge is 0.416 e. The van der Waals surface area contributed by atoms with E-state index in [1.807, 2.05) is 24.3 Å². The van der Waals surface area contributed by atoms with Gasteiger partial charge in [-0.25, -0.2) is 0 Å². The molecule has 0 aliphatic carbocycles. The molecule has 0 radical (unpaired) electrons. The van der Waals surface area contributed by atoms with Crippen molar-refractivity contribution in [3.05, 3.63) is 153 Å². The van der Waals surface area contributed by atoms with E-state index in [0.29, 0.717) is 5.75 Å². The van der Waals surface area contributed by atoms with Crippen molar-refractivity contribution in [1.82, 2.24) is 0 Å². The standard InChI is InChI=1S/C32H12BF24.C12H17OS/c34-25(35,36)13-1-14(26(37,38)39)6-21(5-13)33(22-7-15(27(40,41)42)2-16(8-22)28(43,44)45,23-9-17(29(46,47)48)3-18(10-23)30(49,50)51)24-11-19(31(52,53)54)4-20(12-24)32(55,56)57;1-4-10-5-7-11(8-6-10)12(13)9-14(2)3/h1-12H;5-8H,4,9H2,1-3H3/q-1;+1. The Labute approximate surface area is 388 Å². The highest BCUT2D eigenvalue weighted by molar-refractivity contribution is 7.96. The average Bonchev–Trinajstić information content (AvgIpc) is 3.21. The molecule has 0 bridgehead atoms. The number of aryl methyl sites for hydroxylation is 1. The molecule has 1 nitrogen and oxygen atoms in total. The zero-order chi connectivity index (χ0) is 54.5. The van der Waals surface area contributed by atoms with Crippen LogP contribution in [0.2, 0.25) is 0 Å². The van der Waals surface area contributed by atoms with Crippen LogP contribution < -0.4 is 21.9 Å². The fourth-order valence-corrected chi connectivity index (χ4v) is 8.03. The lowest BCUT2D eigenvalue weighted by atomic mass is 9.12. The number of alkyl halides is 24. The van der Waals surface area contributed by atoms with E-state index in [1.165, 1.54) is 5.56 Å². The van der Waals surface area contributed by atoms with E-state index in [1.54, 1.807) is 0 Å². The first-order chi connectivity index (χ1) is 31.9. The van der Waals surface area contributed by atoms with Crippen LogP contribution in [-0.4, -0.2) is 30.2 Å². The molecule has 0 amide bonds. The minimum absolute atomic E-state index is 0.197. The predicted molar refractivity (Wildman–Crippen MR) is 214 cm³/mol. The number of hydrogen-bond donors (Lipinski definition) is 0. The Morgan fingerprint density at radius 1 is 0.366 bits per heavy atom. The van der Waals surface area contributed by atoms with E-state index in [-0.39, 0.29) is 16.7 Å². The highest BCUT2D eigenvalue weighted by atomic mass is 32.2. The maximum Gasteiger partial charge on any atom is 0.416 e. The van der Waals surface area contributed by atoms with Gasteiger partial charge in [-0.3, -0.25) is 4.79 Å². The van der Waals surface area contributed by atoms with Crippen LogP contribution in [0.1, 0.15) is 67.4 Å². The lowest BCUT2D eigenvalue weighted by Crippen LogP contribution is -2.75. The first kappa shape index (κ1) is 58.1. The Balaban J connectivity index is 0.000000671. The van der Waals surface area contributed by atoms with E-state index < -0.39 is 195 Å². The molecule has 27 heteroatoms. The Hall–Kier alpha value is -5.50. The second kappa shape index (κ2) is 19.8. The van der Waals surface area contributed by atoms with Gasteiger partial charge in [0.2, 0.25) is 5.78 Å². The van der Waals surface area contributed by atoms with Crippen molar-refractivity contribution < 1.29 is 110 Å². The molecule has 5 aromatic carbocycles. The first-order valence-electron chi connectivity index (χ1n) is 19.4. The maximum absolute atomic E-state index is 14.2. The lowest BCUT2D eigenvalue weighted by molar-refractivity contribution is -0.144. The Kier molecular flexibility index (Phi) is 16.2. The van der Waals surface area contributed by atoms with Gasteiger partial charge in [0, 0.05) is 5.56 Å². The Morgan fingerprint density at radius 3 is 0.718 bits per heavy atom. The van der Waals surface area contributed by atoms with Crippen molar-refractivity contribution in [2.75, 3.05) is 18.3 Å². The van der Waals surface area contributed by atoms with Crippen LogP contribution in [0.25, 0.3) is 0 Å². The van der Waals surface area contributed by atoms with Crippen molar-refractivity contribution >= 4 is 44.7 Å². The molecular formula is C44H29BF24OS. The number of ketones is 1. The molecular weight excluding hydrogens is 1040 g/mol. The van der Waals surface area contributed by atoms with Gasteiger partial charge in [0.15, 0.2) is 5.75 Å². The summed E-state index contributed by atoms with van der Waals surface area (Å²) in [5, 5.41) is 0. The van der Waals surface area contributed by atoms with Crippen molar-refractivity contribution in [3.8, 4) is 0 Å². The van der Waals surface area contributed by atoms with Crippen molar-refractivity contribution in [2.45, 2.75) is 62.8 Å². The third-order valence-corrected chi connectivity index (χ3v) is 11.4. The second-order valence-electron chi connectivity index (χ2n) is 15.8. The fraction of sp³-hybridized carbons (Fsp3) is 0.295. The molecule has 0 heterocycles. The summed E-state index contributed by atoms with van der Waals surface area (Å²) in [5.41, 5.74) is -28.1. The molecule has 0 N–H and O–H groups in total. The number of halogens is 24. The molecule has 0 fully saturated rings. The van der Waals surface area contributed by atoms with Gasteiger partial charge < -0.3 is 0 Å². The van der Waals surface area contributed by atoms with Crippen LogP contribution in [0.5, 0.6) is 0 Å². The van der Waals surface area contributed by atoms with Crippen LogP contribution in [0.4, 0.5) is 105 Å². The van der Waals surface area contributed by atoms with E-state index in [2.05, 4.69) is 19.4 Å². The summed E-state index contributed by atoms with van der Waals surface area (Å²) >= 11 is 0. The third kappa shape index (κ3) is 13.9. The Bertz CT molecular complexity index is 2260.